The molecular weight excluding hydrogens is 120 g/mol. The maximum atomic E-state index is 2.19. The summed E-state index contributed by atoms with van der Waals surface area (Å²) >= 11 is 0. The number of hydrogen-bond donors (Lipinski definition) is 0. The van der Waals surface area contributed by atoms with Crippen molar-refractivity contribution >= 4 is 24.3 Å². The fourth-order valence-corrected chi connectivity index (χ4v) is 1.68. The van der Waals surface area contributed by atoms with Crippen LogP contribution in [0.4, 0.5) is 0 Å². The van der Waals surface area contributed by atoms with Gasteiger partial charge in [0.2, 0.25) is 0 Å². The van der Waals surface area contributed by atoms with E-state index in [0.717, 1.165) is 0 Å². The highest BCUT2D eigenvalue weighted by molar-refractivity contribution is 5.98. The van der Waals surface area contributed by atoms with Gasteiger partial charge in [0.25, 0.3) is 0 Å². The summed E-state index contributed by atoms with van der Waals surface area (Å²) in [6, 6.07) is 4.36. The van der Waals surface area contributed by atoms with Crippen LogP contribution in [0.15, 0.2) is 12.1 Å². The van der Waals surface area contributed by atoms with Crippen LogP contribution in [0.2, 0.25) is 0 Å². The molecule has 0 saturated heterocycles. The molecule has 0 N–H and O–H groups in total. The van der Waals surface area contributed by atoms with Crippen molar-refractivity contribution in [2.24, 2.45) is 0 Å². The second-order valence-corrected chi connectivity index (χ2v) is 2.74. The Morgan fingerprint density at radius 3 is 1.60 bits per heavy atom. The van der Waals surface area contributed by atoms with Gasteiger partial charge in [0, 0.05) is 0 Å². The van der Waals surface area contributed by atoms with Gasteiger partial charge in [-0.25, -0.2) is 0 Å². The number of hydrogen-bond acceptors (Lipinski definition) is 0. The van der Waals surface area contributed by atoms with E-state index in [9.17, 15) is 0 Å². The predicted octanol–water partition coefficient (Wildman–Crippen LogP) is 2.65. The number of rotatable bonds is 0. The van der Waals surface area contributed by atoms with Crippen LogP contribution in [0.1, 0.15) is 22.3 Å². The second-order valence-electron chi connectivity index (χ2n) is 2.74. The quantitative estimate of drug-likeness (QED) is 0.434. The van der Waals surface area contributed by atoms with Gasteiger partial charge in [0.05, 0.1) is 0 Å². The topological polar surface area (TPSA) is 0 Å². The molecule has 0 heterocycles. The van der Waals surface area contributed by atoms with Gasteiger partial charge < -0.3 is 0 Å². The fourth-order valence-electron chi connectivity index (χ4n) is 1.68. The molecule has 3 rings (SSSR count). The van der Waals surface area contributed by atoms with E-state index < -0.39 is 0 Å². The first-order valence-corrected chi connectivity index (χ1v) is 3.48. The summed E-state index contributed by atoms with van der Waals surface area (Å²) in [6.07, 6.45) is 8.75. The second kappa shape index (κ2) is 1.24. The highest BCUT2D eigenvalue weighted by Crippen LogP contribution is 2.35. The standard InChI is InChI=1S/C10H6/c1-2-8-4-6-9-7(1)3-5-10(8)9/h1-6H. The van der Waals surface area contributed by atoms with Crippen LogP contribution in [-0.4, -0.2) is 0 Å². The molecule has 0 aromatic heterocycles. The van der Waals surface area contributed by atoms with Crippen molar-refractivity contribution in [3.63, 3.8) is 0 Å². The summed E-state index contributed by atoms with van der Waals surface area (Å²) in [7, 11) is 0. The lowest BCUT2D eigenvalue weighted by Gasteiger charge is -1.94. The Morgan fingerprint density at radius 2 is 1.10 bits per heavy atom. The normalized spacial score (nSPS) is 15.2. The molecule has 1 aromatic rings. The average molecular weight is 126 g/mol. The van der Waals surface area contributed by atoms with Crippen molar-refractivity contribution in [1.29, 1.82) is 0 Å². The smallest absolute Gasteiger partial charge is 0.0105 e. The Labute approximate surface area is 59.5 Å². The number of benzene rings is 1. The summed E-state index contributed by atoms with van der Waals surface area (Å²) < 4.78 is 0. The summed E-state index contributed by atoms with van der Waals surface area (Å²) in [5.41, 5.74) is 5.56. The summed E-state index contributed by atoms with van der Waals surface area (Å²) in [6.45, 7) is 0. The van der Waals surface area contributed by atoms with Gasteiger partial charge in [0.15, 0.2) is 0 Å². The van der Waals surface area contributed by atoms with Gasteiger partial charge >= 0.3 is 0 Å². The molecule has 2 aliphatic carbocycles. The minimum absolute atomic E-state index is 1.37. The fraction of sp³-hybridized carbons (Fsp3) is 0. The van der Waals surface area contributed by atoms with Crippen molar-refractivity contribution in [3.8, 4) is 0 Å². The Balaban J connectivity index is 2.62. The summed E-state index contributed by atoms with van der Waals surface area (Å²) in [5.74, 6) is 0. The van der Waals surface area contributed by atoms with Crippen molar-refractivity contribution < 1.29 is 0 Å². The molecule has 0 nitrogen and oxygen atoms in total. The minimum Gasteiger partial charge on any atom is -0.0537 e. The Kier molecular flexibility index (Phi) is 0.558. The maximum absolute atomic E-state index is 2.19. The molecule has 0 spiro atoms. The Morgan fingerprint density at radius 1 is 0.600 bits per heavy atom. The zero-order chi connectivity index (χ0) is 6.55. The third-order valence-electron chi connectivity index (χ3n) is 2.21. The molecule has 0 saturated carbocycles. The molecule has 0 heteroatoms. The van der Waals surface area contributed by atoms with E-state index in [-0.39, 0.29) is 0 Å². The van der Waals surface area contributed by atoms with Crippen molar-refractivity contribution in [2.75, 3.05) is 0 Å². The molecule has 0 fully saturated rings. The summed E-state index contributed by atoms with van der Waals surface area (Å²) in [5, 5.41) is 0. The van der Waals surface area contributed by atoms with Crippen LogP contribution in [0.5, 0.6) is 0 Å². The maximum Gasteiger partial charge on any atom is -0.0105 e. The first-order chi connectivity index (χ1) is 4.95. The van der Waals surface area contributed by atoms with Gasteiger partial charge in [-0.2, -0.15) is 0 Å². The van der Waals surface area contributed by atoms with Crippen LogP contribution in [0.3, 0.4) is 0 Å². The van der Waals surface area contributed by atoms with E-state index in [0.29, 0.717) is 0 Å². The van der Waals surface area contributed by atoms with Crippen LogP contribution < -0.4 is 0 Å². The monoisotopic (exact) mass is 126 g/mol. The lowest BCUT2D eigenvalue weighted by Crippen LogP contribution is -1.76. The molecule has 10 heavy (non-hydrogen) atoms. The molecule has 0 radical (unpaired) electrons. The minimum atomic E-state index is 1.37. The lowest BCUT2D eigenvalue weighted by molar-refractivity contribution is 1.62. The molecule has 46 valence electrons. The highest BCUT2D eigenvalue weighted by atomic mass is 14.2. The first-order valence-electron chi connectivity index (χ1n) is 3.48. The zero-order valence-corrected chi connectivity index (χ0v) is 5.46. The van der Waals surface area contributed by atoms with Gasteiger partial charge in [-0.1, -0.05) is 36.4 Å². The molecular formula is C10H6. The van der Waals surface area contributed by atoms with Crippen molar-refractivity contribution in [1.82, 2.24) is 0 Å². The molecule has 2 aliphatic rings. The lowest BCUT2D eigenvalue weighted by atomic mass is 10.1. The summed E-state index contributed by atoms with van der Waals surface area (Å²) in [4.78, 5) is 0. The molecule has 4 bridgehead atoms. The van der Waals surface area contributed by atoms with Crippen molar-refractivity contribution in [3.05, 3.63) is 34.4 Å². The van der Waals surface area contributed by atoms with Gasteiger partial charge in [-0.05, 0) is 22.3 Å². The first kappa shape index (κ1) is 4.51. The van der Waals surface area contributed by atoms with Crippen LogP contribution in [0.25, 0.3) is 24.3 Å². The third-order valence-corrected chi connectivity index (χ3v) is 2.21. The van der Waals surface area contributed by atoms with Gasteiger partial charge in [0.1, 0.15) is 0 Å². The van der Waals surface area contributed by atoms with Crippen molar-refractivity contribution in [2.45, 2.75) is 0 Å². The van der Waals surface area contributed by atoms with Crippen LogP contribution >= 0.6 is 0 Å². The molecule has 1 aromatic carbocycles. The van der Waals surface area contributed by atoms with E-state index in [1.54, 1.807) is 0 Å². The van der Waals surface area contributed by atoms with E-state index >= 15 is 0 Å². The third kappa shape index (κ3) is 0.330. The van der Waals surface area contributed by atoms with Crippen LogP contribution in [-0.2, 0) is 0 Å². The largest absolute Gasteiger partial charge is 0.0537 e. The average Bonchev–Trinajstić information content (AvgIpc) is 2.36. The van der Waals surface area contributed by atoms with E-state index in [2.05, 4.69) is 36.4 Å². The van der Waals surface area contributed by atoms with E-state index in [1.807, 2.05) is 0 Å². The molecule has 0 atom stereocenters. The van der Waals surface area contributed by atoms with E-state index in [1.165, 1.54) is 22.3 Å². The molecule has 0 amide bonds. The van der Waals surface area contributed by atoms with Gasteiger partial charge in [-0.15, -0.1) is 0 Å². The highest BCUT2D eigenvalue weighted by Gasteiger charge is 2.15. The predicted molar refractivity (Wildman–Crippen MR) is 44.3 cm³/mol. The van der Waals surface area contributed by atoms with Gasteiger partial charge in [-0.3, -0.25) is 0 Å². The van der Waals surface area contributed by atoms with Crippen LogP contribution in [0, 0.1) is 0 Å². The Bertz CT molecular complexity index is 331. The zero-order valence-electron chi connectivity index (χ0n) is 5.46. The molecule has 0 aliphatic heterocycles. The molecule has 0 unspecified atom stereocenters. The Hall–Kier alpha value is -1.30. The van der Waals surface area contributed by atoms with E-state index in [4.69, 9.17) is 0 Å². The SMILES string of the molecule is C1=Cc2c3ccc1c2C=C3.